The number of aliphatic hydroxyl groups is 1. The maximum absolute atomic E-state index is 9.73. The zero-order chi connectivity index (χ0) is 13.0. The van der Waals surface area contributed by atoms with Crippen molar-refractivity contribution in [3.8, 4) is 0 Å². The van der Waals surface area contributed by atoms with Crippen LogP contribution >= 0.6 is 0 Å². The summed E-state index contributed by atoms with van der Waals surface area (Å²) in [5.41, 5.74) is 1.96. The van der Waals surface area contributed by atoms with Crippen molar-refractivity contribution in [2.45, 2.75) is 45.6 Å². The number of pyridine rings is 1. The molecule has 1 saturated carbocycles. The molecule has 1 aliphatic carbocycles. The van der Waals surface area contributed by atoms with E-state index in [4.69, 9.17) is 0 Å². The maximum Gasteiger partial charge on any atom is 0.0957 e. The second kappa shape index (κ2) is 6.19. The van der Waals surface area contributed by atoms with Gasteiger partial charge in [0.15, 0.2) is 0 Å². The van der Waals surface area contributed by atoms with Crippen LogP contribution in [0.15, 0.2) is 18.3 Å². The molecule has 18 heavy (non-hydrogen) atoms. The molecule has 1 atom stereocenters. The Morgan fingerprint density at radius 1 is 1.39 bits per heavy atom. The molecule has 0 bridgehead atoms. The molecule has 3 nitrogen and oxygen atoms in total. The van der Waals surface area contributed by atoms with Crippen molar-refractivity contribution in [3.63, 3.8) is 0 Å². The average molecular weight is 248 g/mol. The molecule has 2 rings (SSSR count). The Labute approximate surface area is 110 Å². The third kappa shape index (κ3) is 3.02. The van der Waals surface area contributed by atoms with Crippen LogP contribution in [0.3, 0.4) is 0 Å². The summed E-state index contributed by atoms with van der Waals surface area (Å²) in [4.78, 5) is 6.77. The molecular weight excluding hydrogens is 224 g/mol. The number of hydrogen-bond donors (Lipinski definition) is 1. The van der Waals surface area contributed by atoms with Gasteiger partial charge in [0.25, 0.3) is 0 Å². The molecule has 0 aromatic carbocycles. The topological polar surface area (TPSA) is 36.4 Å². The van der Waals surface area contributed by atoms with Crippen LogP contribution in [0.4, 0.5) is 5.69 Å². The van der Waals surface area contributed by atoms with E-state index in [0.717, 1.165) is 24.7 Å². The second-order valence-electron chi connectivity index (χ2n) is 5.20. The van der Waals surface area contributed by atoms with E-state index in [2.05, 4.69) is 22.9 Å². The molecular formula is C15H24N2O. The fraction of sp³-hybridized carbons (Fsp3) is 0.667. The number of rotatable bonds is 6. The number of aliphatic hydroxyl groups excluding tert-OH is 1. The van der Waals surface area contributed by atoms with E-state index in [0.29, 0.717) is 6.42 Å². The fourth-order valence-electron chi connectivity index (χ4n) is 2.39. The van der Waals surface area contributed by atoms with Crippen LogP contribution in [0.5, 0.6) is 0 Å². The minimum Gasteiger partial charge on any atom is -0.387 e. The van der Waals surface area contributed by atoms with Gasteiger partial charge in [-0.05, 0) is 44.2 Å². The van der Waals surface area contributed by atoms with Gasteiger partial charge >= 0.3 is 0 Å². The van der Waals surface area contributed by atoms with Crippen molar-refractivity contribution in [2.75, 3.05) is 18.0 Å². The number of nitrogens with zero attached hydrogens (tertiary/aromatic N) is 2. The first-order valence-electron chi connectivity index (χ1n) is 7.13. The molecule has 1 heterocycles. The van der Waals surface area contributed by atoms with Gasteiger partial charge in [0, 0.05) is 13.1 Å². The molecule has 0 aliphatic heterocycles. The van der Waals surface area contributed by atoms with Crippen LogP contribution in [-0.2, 0) is 0 Å². The average Bonchev–Trinajstić information content (AvgIpc) is 2.37. The molecule has 0 radical (unpaired) electrons. The lowest BCUT2D eigenvalue weighted by Crippen LogP contribution is -2.32. The van der Waals surface area contributed by atoms with Crippen LogP contribution in [0.25, 0.3) is 0 Å². The quantitative estimate of drug-likeness (QED) is 0.840. The summed E-state index contributed by atoms with van der Waals surface area (Å²) in [6.07, 6.45) is 6.32. The smallest absolute Gasteiger partial charge is 0.0957 e. The van der Waals surface area contributed by atoms with Crippen molar-refractivity contribution in [1.82, 2.24) is 4.98 Å². The normalized spacial score (nSPS) is 17.3. The van der Waals surface area contributed by atoms with Crippen LogP contribution in [0.2, 0.25) is 0 Å². The number of hydrogen-bond acceptors (Lipinski definition) is 3. The minimum absolute atomic E-state index is 0.430. The standard InChI is InChI=1S/C15H24N2O/c1-3-15(18)14-9-8-13(10-16-14)17(4-2)11-12-6-5-7-12/h8-10,12,15,18H,3-7,11H2,1-2H3/t15-/m0/s1. The molecule has 1 N–H and O–H groups in total. The fourth-order valence-corrected chi connectivity index (χ4v) is 2.39. The van der Waals surface area contributed by atoms with Crippen LogP contribution in [-0.4, -0.2) is 23.2 Å². The van der Waals surface area contributed by atoms with Crippen molar-refractivity contribution in [1.29, 1.82) is 0 Å². The maximum atomic E-state index is 9.73. The molecule has 1 aromatic rings. The van der Waals surface area contributed by atoms with Gasteiger partial charge in [-0.25, -0.2) is 0 Å². The van der Waals surface area contributed by atoms with E-state index >= 15 is 0 Å². The lowest BCUT2D eigenvalue weighted by atomic mass is 9.85. The van der Waals surface area contributed by atoms with E-state index in [-0.39, 0.29) is 0 Å². The highest BCUT2D eigenvalue weighted by molar-refractivity contribution is 5.44. The zero-order valence-corrected chi connectivity index (χ0v) is 11.5. The summed E-state index contributed by atoms with van der Waals surface area (Å²) in [7, 11) is 0. The van der Waals surface area contributed by atoms with Crippen LogP contribution < -0.4 is 4.90 Å². The summed E-state index contributed by atoms with van der Waals surface area (Å²) in [5.74, 6) is 0.867. The first kappa shape index (κ1) is 13.3. The Morgan fingerprint density at radius 2 is 2.17 bits per heavy atom. The van der Waals surface area contributed by atoms with E-state index in [1.165, 1.54) is 24.9 Å². The van der Waals surface area contributed by atoms with Crippen molar-refractivity contribution < 1.29 is 5.11 Å². The molecule has 0 saturated heterocycles. The van der Waals surface area contributed by atoms with E-state index < -0.39 is 6.10 Å². The zero-order valence-electron chi connectivity index (χ0n) is 11.5. The monoisotopic (exact) mass is 248 g/mol. The van der Waals surface area contributed by atoms with E-state index in [9.17, 15) is 5.11 Å². The molecule has 0 unspecified atom stereocenters. The van der Waals surface area contributed by atoms with Crippen molar-refractivity contribution in [3.05, 3.63) is 24.0 Å². The van der Waals surface area contributed by atoms with Gasteiger partial charge in [-0.3, -0.25) is 4.98 Å². The lowest BCUT2D eigenvalue weighted by molar-refractivity contribution is 0.169. The van der Waals surface area contributed by atoms with Gasteiger partial charge in [-0.2, -0.15) is 0 Å². The molecule has 0 amide bonds. The van der Waals surface area contributed by atoms with Gasteiger partial charge in [0.05, 0.1) is 23.7 Å². The molecule has 3 heteroatoms. The molecule has 1 fully saturated rings. The van der Waals surface area contributed by atoms with Gasteiger partial charge in [0.1, 0.15) is 0 Å². The molecule has 100 valence electrons. The van der Waals surface area contributed by atoms with Gasteiger partial charge < -0.3 is 10.0 Å². The summed E-state index contributed by atoms with van der Waals surface area (Å²) in [5, 5.41) is 9.73. The minimum atomic E-state index is -0.430. The third-order valence-corrected chi connectivity index (χ3v) is 3.95. The predicted octanol–water partition coefficient (Wildman–Crippen LogP) is 3.15. The predicted molar refractivity (Wildman–Crippen MR) is 74.7 cm³/mol. The van der Waals surface area contributed by atoms with Crippen LogP contribution in [0, 0.1) is 5.92 Å². The SMILES string of the molecule is CC[C@H](O)c1ccc(N(CC)CC2CCC2)cn1. The third-order valence-electron chi connectivity index (χ3n) is 3.95. The highest BCUT2D eigenvalue weighted by Crippen LogP contribution is 2.29. The summed E-state index contributed by atoms with van der Waals surface area (Å²) in [6, 6.07) is 4.04. The summed E-state index contributed by atoms with van der Waals surface area (Å²) >= 11 is 0. The highest BCUT2D eigenvalue weighted by atomic mass is 16.3. The van der Waals surface area contributed by atoms with E-state index in [1.54, 1.807) is 0 Å². The van der Waals surface area contributed by atoms with Crippen molar-refractivity contribution in [2.24, 2.45) is 5.92 Å². The van der Waals surface area contributed by atoms with Gasteiger partial charge in [0.2, 0.25) is 0 Å². The summed E-state index contributed by atoms with van der Waals surface area (Å²) in [6.45, 7) is 6.32. The molecule has 0 spiro atoms. The highest BCUT2D eigenvalue weighted by Gasteiger charge is 2.20. The first-order chi connectivity index (χ1) is 8.74. The number of anilines is 1. The number of aromatic nitrogens is 1. The molecule has 1 aromatic heterocycles. The Morgan fingerprint density at radius 3 is 2.61 bits per heavy atom. The summed E-state index contributed by atoms with van der Waals surface area (Å²) < 4.78 is 0. The second-order valence-corrected chi connectivity index (χ2v) is 5.20. The Balaban J connectivity index is 2.01. The van der Waals surface area contributed by atoms with E-state index in [1.807, 2.05) is 19.2 Å². The Hall–Kier alpha value is -1.09. The van der Waals surface area contributed by atoms with Gasteiger partial charge in [-0.15, -0.1) is 0 Å². The Kier molecular flexibility index (Phi) is 4.59. The Bertz CT molecular complexity index is 359. The van der Waals surface area contributed by atoms with Crippen LogP contribution in [0.1, 0.15) is 51.3 Å². The largest absolute Gasteiger partial charge is 0.387 e. The van der Waals surface area contributed by atoms with Gasteiger partial charge in [-0.1, -0.05) is 13.3 Å². The lowest BCUT2D eigenvalue weighted by Gasteiger charge is -2.33. The first-order valence-corrected chi connectivity index (χ1v) is 7.13. The van der Waals surface area contributed by atoms with Crippen molar-refractivity contribution >= 4 is 5.69 Å². The molecule has 1 aliphatic rings.